The minimum atomic E-state index is -3.85. The Balaban J connectivity index is 1.80. The minimum Gasteiger partial charge on any atom is -0.497 e. The molecule has 0 bridgehead atoms. The van der Waals surface area contributed by atoms with Gasteiger partial charge in [0.2, 0.25) is 0 Å². The molecule has 0 aliphatic carbocycles. The second-order valence-electron chi connectivity index (χ2n) is 7.59. The van der Waals surface area contributed by atoms with Crippen LogP contribution in [0.15, 0.2) is 53.4 Å². The summed E-state index contributed by atoms with van der Waals surface area (Å²) < 4.78 is 33.2. The molecule has 0 radical (unpaired) electrons. The molecule has 2 N–H and O–H groups in total. The molecule has 1 saturated heterocycles. The van der Waals surface area contributed by atoms with Crippen LogP contribution < -0.4 is 9.46 Å². The number of hydrogen-bond donors (Lipinski definition) is 2. The number of nitrogens with one attached hydrogen (secondary N) is 1. The Labute approximate surface area is 177 Å². The van der Waals surface area contributed by atoms with Crippen LogP contribution in [0, 0.1) is 0 Å². The van der Waals surface area contributed by atoms with Crippen molar-refractivity contribution in [3.05, 3.63) is 54.1 Å². The van der Waals surface area contributed by atoms with E-state index in [9.17, 15) is 18.3 Å². The Kier molecular flexibility index (Phi) is 6.99. The SMILES string of the molecule is COc1ccc(NS(=O)(=O)c2cccc(C(=O)N3CCCC[C@@H]3C[C@H](C)O)c2)cc1. The molecule has 2 atom stereocenters. The summed E-state index contributed by atoms with van der Waals surface area (Å²) >= 11 is 0. The first kappa shape index (κ1) is 22.1. The Morgan fingerprint density at radius 3 is 2.63 bits per heavy atom. The molecule has 2 aromatic rings. The van der Waals surface area contributed by atoms with Crippen LogP contribution in [0.3, 0.4) is 0 Å². The lowest BCUT2D eigenvalue weighted by Crippen LogP contribution is -2.45. The van der Waals surface area contributed by atoms with Gasteiger partial charge in [-0.3, -0.25) is 9.52 Å². The van der Waals surface area contributed by atoms with Gasteiger partial charge in [0.25, 0.3) is 15.9 Å². The Morgan fingerprint density at radius 2 is 1.97 bits per heavy atom. The number of benzene rings is 2. The van der Waals surface area contributed by atoms with Crippen molar-refractivity contribution in [1.29, 1.82) is 0 Å². The second kappa shape index (κ2) is 9.49. The summed E-state index contributed by atoms with van der Waals surface area (Å²) in [5.41, 5.74) is 0.727. The van der Waals surface area contributed by atoms with Crippen molar-refractivity contribution in [1.82, 2.24) is 4.90 Å². The number of piperidine rings is 1. The predicted octanol–water partition coefficient (Wildman–Crippen LogP) is 3.26. The van der Waals surface area contributed by atoms with Gasteiger partial charge in [0.05, 0.1) is 18.1 Å². The van der Waals surface area contributed by atoms with E-state index < -0.39 is 16.1 Å². The number of ether oxygens (including phenoxy) is 1. The second-order valence-corrected chi connectivity index (χ2v) is 9.28. The van der Waals surface area contributed by atoms with Gasteiger partial charge in [0, 0.05) is 23.8 Å². The van der Waals surface area contributed by atoms with Crippen LogP contribution in [-0.4, -0.2) is 50.1 Å². The average Bonchev–Trinajstić information content (AvgIpc) is 2.73. The van der Waals surface area contributed by atoms with Gasteiger partial charge in [-0.15, -0.1) is 0 Å². The third-order valence-corrected chi connectivity index (χ3v) is 6.61. The first-order chi connectivity index (χ1) is 14.3. The fourth-order valence-corrected chi connectivity index (χ4v) is 4.85. The Hall–Kier alpha value is -2.58. The van der Waals surface area contributed by atoms with Crippen LogP contribution in [0.5, 0.6) is 5.75 Å². The normalized spacial score (nSPS) is 18.0. The van der Waals surface area contributed by atoms with Crippen LogP contribution in [-0.2, 0) is 10.0 Å². The van der Waals surface area contributed by atoms with Crippen molar-refractivity contribution < 1.29 is 23.1 Å². The van der Waals surface area contributed by atoms with Gasteiger partial charge in [0.1, 0.15) is 5.75 Å². The molecule has 1 heterocycles. The molecule has 0 spiro atoms. The van der Waals surface area contributed by atoms with Crippen molar-refractivity contribution in [2.45, 2.75) is 49.6 Å². The summed E-state index contributed by atoms with van der Waals surface area (Å²) in [4.78, 5) is 14.9. The van der Waals surface area contributed by atoms with Crippen LogP contribution in [0.25, 0.3) is 0 Å². The maximum absolute atomic E-state index is 13.1. The number of amides is 1. The van der Waals surface area contributed by atoms with Gasteiger partial charge >= 0.3 is 0 Å². The van der Waals surface area contributed by atoms with Gasteiger partial charge in [-0.2, -0.15) is 0 Å². The molecule has 1 fully saturated rings. The molecule has 8 heteroatoms. The third kappa shape index (κ3) is 5.31. The molecule has 0 saturated carbocycles. The highest BCUT2D eigenvalue weighted by Crippen LogP contribution is 2.25. The molecule has 1 aliphatic heterocycles. The number of sulfonamides is 1. The number of aliphatic hydroxyl groups excluding tert-OH is 1. The molecule has 30 heavy (non-hydrogen) atoms. The van der Waals surface area contributed by atoms with Crippen LogP contribution in [0.1, 0.15) is 43.0 Å². The smallest absolute Gasteiger partial charge is 0.261 e. The van der Waals surface area contributed by atoms with E-state index in [2.05, 4.69) is 4.72 Å². The molecule has 7 nitrogen and oxygen atoms in total. The predicted molar refractivity (Wildman–Crippen MR) is 115 cm³/mol. The molecule has 162 valence electrons. The molecule has 3 rings (SSSR count). The highest BCUT2D eigenvalue weighted by Gasteiger charge is 2.29. The maximum Gasteiger partial charge on any atom is 0.261 e. The van der Waals surface area contributed by atoms with Crippen LogP contribution in [0.2, 0.25) is 0 Å². The lowest BCUT2D eigenvalue weighted by atomic mass is 9.96. The highest BCUT2D eigenvalue weighted by molar-refractivity contribution is 7.92. The van der Waals surface area contributed by atoms with Gasteiger partial charge in [0.15, 0.2) is 0 Å². The standard InChI is InChI=1S/C22H28N2O5S/c1-16(25)14-19-7-3-4-13-24(19)22(26)17-6-5-8-21(15-17)30(27,28)23-18-9-11-20(29-2)12-10-18/h5-6,8-12,15-16,19,23,25H,3-4,7,13-14H2,1-2H3/t16-,19+/m0/s1. The van der Waals surface area contributed by atoms with E-state index >= 15 is 0 Å². The van der Waals surface area contributed by atoms with E-state index in [1.54, 1.807) is 48.2 Å². The van der Waals surface area contributed by atoms with Crippen molar-refractivity contribution in [2.24, 2.45) is 0 Å². The van der Waals surface area contributed by atoms with Crippen molar-refractivity contribution in [2.75, 3.05) is 18.4 Å². The van der Waals surface area contributed by atoms with Crippen molar-refractivity contribution in [3.8, 4) is 5.75 Å². The first-order valence-electron chi connectivity index (χ1n) is 10.1. The van der Waals surface area contributed by atoms with Gasteiger partial charge in [-0.1, -0.05) is 6.07 Å². The number of hydrogen-bond acceptors (Lipinski definition) is 5. The zero-order valence-corrected chi connectivity index (χ0v) is 18.1. The highest BCUT2D eigenvalue weighted by atomic mass is 32.2. The van der Waals surface area contributed by atoms with E-state index in [-0.39, 0.29) is 16.8 Å². The summed E-state index contributed by atoms with van der Waals surface area (Å²) in [5.74, 6) is 0.417. The van der Waals surface area contributed by atoms with E-state index in [0.29, 0.717) is 30.0 Å². The van der Waals surface area contributed by atoms with Gasteiger partial charge in [-0.05, 0) is 75.1 Å². The largest absolute Gasteiger partial charge is 0.497 e. The summed E-state index contributed by atoms with van der Waals surface area (Å²) in [6, 6.07) is 12.6. The zero-order chi connectivity index (χ0) is 21.7. The molecule has 0 aromatic heterocycles. The number of nitrogens with zero attached hydrogens (tertiary/aromatic N) is 1. The summed E-state index contributed by atoms with van der Waals surface area (Å²) in [7, 11) is -2.32. The first-order valence-corrected chi connectivity index (χ1v) is 11.5. The van der Waals surface area contributed by atoms with Crippen molar-refractivity contribution in [3.63, 3.8) is 0 Å². The van der Waals surface area contributed by atoms with Crippen molar-refractivity contribution >= 4 is 21.6 Å². The Bertz CT molecular complexity index is 973. The topological polar surface area (TPSA) is 95.9 Å². The summed E-state index contributed by atoms with van der Waals surface area (Å²) in [6.45, 7) is 2.33. The van der Waals surface area contributed by atoms with E-state index in [1.165, 1.54) is 19.2 Å². The molecule has 0 unspecified atom stereocenters. The van der Waals surface area contributed by atoms with Crippen LogP contribution >= 0.6 is 0 Å². The third-order valence-electron chi connectivity index (χ3n) is 5.23. The number of anilines is 1. The summed E-state index contributed by atoms with van der Waals surface area (Å²) in [6.07, 6.45) is 2.78. The fourth-order valence-electron chi connectivity index (χ4n) is 3.74. The number of likely N-dealkylation sites (tertiary alicyclic amines) is 1. The minimum absolute atomic E-state index is 0.0215. The average molecular weight is 433 g/mol. The van der Waals surface area contributed by atoms with Crippen LogP contribution in [0.4, 0.5) is 5.69 Å². The maximum atomic E-state index is 13.1. The molecular formula is C22H28N2O5S. The number of methoxy groups -OCH3 is 1. The lowest BCUT2D eigenvalue weighted by molar-refractivity contribution is 0.0514. The van der Waals surface area contributed by atoms with Gasteiger partial charge < -0.3 is 14.7 Å². The Morgan fingerprint density at radius 1 is 1.23 bits per heavy atom. The number of rotatable bonds is 7. The fraction of sp³-hybridized carbons (Fsp3) is 0.409. The number of aliphatic hydroxyl groups is 1. The molecule has 1 aliphatic rings. The number of carbonyl (C=O) groups excluding carboxylic acids is 1. The molecular weight excluding hydrogens is 404 g/mol. The van der Waals surface area contributed by atoms with Gasteiger partial charge in [-0.25, -0.2) is 8.42 Å². The van der Waals surface area contributed by atoms with E-state index in [1.807, 2.05) is 0 Å². The molecule has 2 aromatic carbocycles. The lowest BCUT2D eigenvalue weighted by Gasteiger charge is -2.36. The summed E-state index contributed by atoms with van der Waals surface area (Å²) in [5, 5.41) is 9.77. The van der Waals surface area contributed by atoms with E-state index in [4.69, 9.17) is 4.74 Å². The monoisotopic (exact) mass is 432 g/mol. The number of carbonyl (C=O) groups is 1. The van der Waals surface area contributed by atoms with E-state index in [0.717, 1.165) is 19.3 Å². The zero-order valence-electron chi connectivity index (χ0n) is 17.2. The quantitative estimate of drug-likeness (QED) is 0.700. The molecule has 1 amide bonds.